The summed E-state index contributed by atoms with van der Waals surface area (Å²) < 4.78 is 10.7. The van der Waals surface area contributed by atoms with Crippen molar-refractivity contribution in [3.05, 3.63) is 11.8 Å². The van der Waals surface area contributed by atoms with Gasteiger partial charge < -0.3 is 46.7 Å². The summed E-state index contributed by atoms with van der Waals surface area (Å²) in [5, 5.41) is 40.0. The molecule has 1 rings (SSSR count). The first-order valence-electron chi connectivity index (χ1n) is 7.70. The Morgan fingerprint density at radius 1 is 1.42 bits per heavy atom. The van der Waals surface area contributed by atoms with Crippen LogP contribution in [0.4, 0.5) is 0 Å². The van der Waals surface area contributed by atoms with Gasteiger partial charge in [0, 0.05) is 6.92 Å². The molecule has 12 nitrogen and oxygen atoms in total. The van der Waals surface area contributed by atoms with Gasteiger partial charge in [0.25, 0.3) is 0 Å². The van der Waals surface area contributed by atoms with Crippen molar-refractivity contribution in [2.75, 3.05) is 19.8 Å². The van der Waals surface area contributed by atoms with E-state index in [0.717, 1.165) is 6.08 Å². The number of aliphatic hydroxyl groups excluding tert-OH is 3. The van der Waals surface area contributed by atoms with Gasteiger partial charge in [0.2, 0.25) is 11.7 Å². The van der Waals surface area contributed by atoms with Crippen LogP contribution in [0.25, 0.3) is 0 Å². The number of carboxylic acids is 1. The first kappa shape index (κ1) is 21.6. The number of carbonyl (C=O) groups is 2. The second kappa shape index (κ2) is 9.91. The Bertz CT molecular complexity index is 563. The average Bonchev–Trinajstić information content (AvgIpc) is 2.55. The number of nitrogens with zero attached hydrogens (tertiary/aromatic N) is 1. The van der Waals surface area contributed by atoms with Crippen LogP contribution in [-0.2, 0) is 19.1 Å². The molecule has 1 heterocycles. The van der Waals surface area contributed by atoms with E-state index >= 15 is 0 Å². The zero-order valence-corrected chi connectivity index (χ0v) is 14.1. The summed E-state index contributed by atoms with van der Waals surface area (Å²) in [7, 11) is 0. The van der Waals surface area contributed by atoms with Crippen LogP contribution in [-0.4, -0.2) is 88.5 Å². The zero-order valence-electron chi connectivity index (χ0n) is 14.1. The Hall–Kier alpha value is -2.41. The van der Waals surface area contributed by atoms with Crippen molar-refractivity contribution in [1.82, 2.24) is 5.32 Å². The molecule has 12 heteroatoms. The molecule has 5 atom stereocenters. The Kier molecular flexibility index (Phi) is 8.25. The van der Waals surface area contributed by atoms with Gasteiger partial charge in [0.1, 0.15) is 12.2 Å². The second-order valence-electron chi connectivity index (χ2n) is 5.50. The normalized spacial score (nSPS) is 24.6. The third-order valence-electron chi connectivity index (χ3n) is 3.48. The van der Waals surface area contributed by atoms with Gasteiger partial charge in [-0.2, -0.15) is 0 Å². The molecule has 0 fully saturated rings. The highest BCUT2D eigenvalue weighted by Crippen LogP contribution is 2.26. The van der Waals surface area contributed by atoms with Crippen LogP contribution in [0.3, 0.4) is 0 Å². The molecular weight excluding hydrogens is 352 g/mol. The van der Waals surface area contributed by atoms with Gasteiger partial charge in [-0.25, -0.2) is 9.79 Å². The standard InChI is InChI=1S/C14H24N4O8/c1-6(21)17-10-7(18-14(15)16)4-9(13(23)24)26-12(10)11(8(22)5-20)25-3-2-19/h4,7-8,10-12,19-20,22H,2-3,5H2,1H3,(H,17,21)(H,23,24)(H4,15,16,18)/t7-,8+,10+,11+,12+/m0/s1. The number of aliphatic hydroxyl groups is 3. The van der Waals surface area contributed by atoms with Gasteiger partial charge in [0.05, 0.1) is 31.9 Å². The van der Waals surface area contributed by atoms with Crippen molar-refractivity contribution >= 4 is 17.8 Å². The summed E-state index contributed by atoms with van der Waals surface area (Å²) >= 11 is 0. The van der Waals surface area contributed by atoms with E-state index in [-0.39, 0.29) is 12.6 Å². The predicted molar refractivity (Wildman–Crippen MR) is 87.7 cm³/mol. The lowest BCUT2D eigenvalue weighted by atomic mass is 9.92. The molecule has 0 aromatic carbocycles. The van der Waals surface area contributed by atoms with Crippen molar-refractivity contribution in [3.8, 4) is 0 Å². The number of ether oxygens (including phenoxy) is 2. The summed E-state index contributed by atoms with van der Waals surface area (Å²) in [6, 6.07) is -2.04. The Labute approximate surface area is 149 Å². The molecule has 1 aliphatic rings. The van der Waals surface area contributed by atoms with Gasteiger partial charge in [-0.1, -0.05) is 0 Å². The number of nitrogens with two attached hydrogens (primary N) is 2. The highest BCUT2D eigenvalue weighted by molar-refractivity contribution is 5.85. The molecule has 0 aliphatic carbocycles. The average molecular weight is 376 g/mol. The lowest BCUT2D eigenvalue weighted by Gasteiger charge is -2.40. The highest BCUT2D eigenvalue weighted by Gasteiger charge is 2.45. The first-order chi connectivity index (χ1) is 12.2. The number of aliphatic carboxylic acids is 1. The molecule has 0 radical (unpaired) electrons. The maximum Gasteiger partial charge on any atom is 0.370 e. The SMILES string of the molecule is CC(=O)N[C@H]1[C@H]([C@H](OCCO)[C@H](O)CO)OC(C(=O)O)=C[C@@H]1N=C(N)N. The van der Waals surface area contributed by atoms with Gasteiger partial charge in [0.15, 0.2) is 12.1 Å². The van der Waals surface area contributed by atoms with Crippen LogP contribution in [0, 0.1) is 0 Å². The minimum absolute atomic E-state index is 0.229. The number of rotatable bonds is 9. The molecule has 26 heavy (non-hydrogen) atoms. The van der Waals surface area contributed by atoms with Gasteiger partial charge in [-0.3, -0.25) is 4.79 Å². The maximum atomic E-state index is 11.6. The molecule has 9 N–H and O–H groups in total. The molecule has 148 valence electrons. The number of hydrogen-bond donors (Lipinski definition) is 7. The number of carboxylic acid groups (broad SMARTS) is 1. The van der Waals surface area contributed by atoms with Gasteiger partial charge in [-0.15, -0.1) is 0 Å². The lowest BCUT2D eigenvalue weighted by molar-refractivity contribution is -0.155. The first-order valence-corrected chi connectivity index (χ1v) is 7.70. The number of guanidine groups is 1. The number of hydrogen-bond acceptors (Lipinski definition) is 8. The van der Waals surface area contributed by atoms with E-state index in [1.807, 2.05) is 0 Å². The summed E-state index contributed by atoms with van der Waals surface area (Å²) in [4.78, 5) is 26.8. The van der Waals surface area contributed by atoms with Crippen molar-refractivity contribution in [2.45, 2.75) is 37.3 Å². The van der Waals surface area contributed by atoms with Crippen LogP contribution in [0.15, 0.2) is 16.8 Å². The van der Waals surface area contributed by atoms with Crippen LogP contribution in [0.1, 0.15) is 6.92 Å². The number of nitrogens with one attached hydrogen (secondary N) is 1. The highest BCUT2D eigenvalue weighted by atomic mass is 16.6. The number of amides is 1. The monoisotopic (exact) mass is 376 g/mol. The van der Waals surface area contributed by atoms with E-state index < -0.39 is 61.2 Å². The van der Waals surface area contributed by atoms with E-state index in [0.29, 0.717) is 0 Å². The molecule has 1 aliphatic heterocycles. The molecule has 0 aromatic heterocycles. The largest absolute Gasteiger partial charge is 0.478 e. The molecule has 0 saturated carbocycles. The van der Waals surface area contributed by atoms with Crippen LogP contribution in [0.2, 0.25) is 0 Å². The fourth-order valence-electron chi connectivity index (χ4n) is 2.51. The molecule has 0 unspecified atom stereocenters. The molecule has 1 amide bonds. The number of aliphatic imine (C=N–C) groups is 1. The molecule has 0 spiro atoms. The Morgan fingerprint density at radius 3 is 2.54 bits per heavy atom. The van der Waals surface area contributed by atoms with E-state index in [9.17, 15) is 24.9 Å². The van der Waals surface area contributed by atoms with Gasteiger partial charge >= 0.3 is 5.97 Å². The van der Waals surface area contributed by atoms with Crippen LogP contribution < -0.4 is 16.8 Å². The summed E-state index contributed by atoms with van der Waals surface area (Å²) in [6.07, 6.45) is -2.94. The summed E-state index contributed by atoms with van der Waals surface area (Å²) in [6.45, 7) is -0.146. The van der Waals surface area contributed by atoms with E-state index in [2.05, 4.69) is 10.3 Å². The maximum absolute atomic E-state index is 11.6. The fourth-order valence-corrected chi connectivity index (χ4v) is 2.51. The van der Waals surface area contributed by atoms with E-state index in [1.54, 1.807) is 0 Å². The van der Waals surface area contributed by atoms with Crippen LogP contribution in [0.5, 0.6) is 0 Å². The molecular formula is C14H24N4O8. The molecule has 0 bridgehead atoms. The third-order valence-corrected chi connectivity index (χ3v) is 3.48. The van der Waals surface area contributed by atoms with Crippen molar-refractivity contribution in [2.24, 2.45) is 16.5 Å². The Morgan fingerprint density at radius 2 is 2.08 bits per heavy atom. The van der Waals surface area contributed by atoms with Crippen molar-refractivity contribution in [1.29, 1.82) is 0 Å². The third kappa shape index (κ3) is 5.84. The molecule has 0 aromatic rings. The zero-order chi connectivity index (χ0) is 19.9. The topological polar surface area (TPSA) is 210 Å². The summed E-state index contributed by atoms with van der Waals surface area (Å²) in [5.41, 5.74) is 10.7. The number of carbonyl (C=O) groups excluding carboxylic acids is 1. The molecule has 0 saturated heterocycles. The Balaban J connectivity index is 3.36. The smallest absolute Gasteiger partial charge is 0.370 e. The van der Waals surface area contributed by atoms with E-state index in [4.69, 9.17) is 26.0 Å². The summed E-state index contributed by atoms with van der Waals surface area (Å²) in [5.74, 6) is -2.80. The van der Waals surface area contributed by atoms with Crippen LogP contribution >= 0.6 is 0 Å². The van der Waals surface area contributed by atoms with E-state index in [1.165, 1.54) is 6.92 Å². The minimum Gasteiger partial charge on any atom is -0.478 e. The van der Waals surface area contributed by atoms with Gasteiger partial charge in [-0.05, 0) is 6.08 Å². The predicted octanol–water partition coefficient (Wildman–Crippen LogP) is -3.77. The quantitative estimate of drug-likeness (QED) is 0.154. The lowest BCUT2D eigenvalue weighted by Crippen LogP contribution is -2.60. The second-order valence-corrected chi connectivity index (χ2v) is 5.50. The van der Waals surface area contributed by atoms with Crippen molar-refractivity contribution < 1.29 is 39.5 Å². The minimum atomic E-state index is -1.49. The van der Waals surface area contributed by atoms with Crippen molar-refractivity contribution in [3.63, 3.8) is 0 Å². The fraction of sp³-hybridized carbons (Fsp3) is 0.643.